The van der Waals surface area contributed by atoms with Gasteiger partial charge in [-0.3, -0.25) is 4.79 Å². The normalized spacial score (nSPS) is 10.8. The summed E-state index contributed by atoms with van der Waals surface area (Å²) >= 11 is 1.56. The molecule has 2 N–H and O–H groups in total. The number of amides is 1. The van der Waals surface area contributed by atoms with Crippen molar-refractivity contribution in [2.45, 2.75) is 13.5 Å². The third-order valence-electron chi connectivity index (χ3n) is 3.07. The fourth-order valence-electron chi connectivity index (χ4n) is 1.95. The van der Waals surface area contributed by atoms with Gasteiger partial charge in [-0.05, 0) is 31.2 Å². The highest BCUT2D eigenvalue weighted by Gasteiger charge is 2.08. The van der Waals surface area contributed by atoms with Crippen LogP contribution in [-0.2, 0) is 6.54 Å². The second-order valence-electron chi connectivity index (χ2n) is 4.32. The van der Waals surface area contributed by atoms with Gasteiger partial charge in [-0.15, -0.1) is 11.3 Å². The summed E-state index contributed by atoms with van der Waals surface area (Å²) in [5.74, 6) is -0.0594. The van der Waals surface area contributed by atoms with Crippen LogP contribution in [0.1, 0.15) is 20.9 Å². The summed E-state index contributed by atoms with van der Waals surface area (Å²) < 4.78 is 0. The Labute approximate surface area is 114 Å². The van der Waals surface area contributed by atoms with E-state index in [-0.39, 0.29) is 5.91 Å². The fourth-order valence-corrected chi connectivity index (χ4v) is 2.67. The first kappa shape index (κ1) is 11.9. The minimum absolute atomic E-state index is 0.0594. The molecule has 1 amide bonds. The zero-order chi connectivity index (χ0) is 13.2. The Bertz CT molecular complexity index is 729. The number of rotatable bonds is 3. The van der Waals surface area contributed by atoms with E-state index in [1.807, 2.05) is 37.4 Å². The Kier molecular flexibility index (Phi) is 3.05. The lowest BCUT2D eigenvalue weighted by Gasteiger charge is -2.04. The van der Waals surface area contributed by atoms with Gasteiger partial charge in [0.1, 0.15) is 0 Å². The van der Waals surface area contributed by atoms with Crippen LogP contribution in [-0.4, -0.2) is 15.9 Å². The van der Waals surface area contributed by atoms with Crippen molar-refractivity contribution in [3.05, 3.63) is 52.1 Å². The third kappa shape index (κ3) is 2.37. The molecule has 4 nitrogen and oxygen atoms in total. The lowest BCUT2D eigenvalue weighted by Crippen LogP contribution is -2.22. The topological polar surface area (TPSA) is 57.8 Å². The number of hydrogen-bond donors (Lipinski definition) is 2. The summed E-state index contributed by atoms with van der Waals surface area (Å²) in [6.07, 6.45) is 1.87. The maximum Gasteiger partial charge on any atom is 0.251 e. The lowest BCUT2D eigenvalue weighted by atomic mass is 10.1. The molecule has 0 aliphatic heterocycles. The van der Waals surface area contributed by atoms with Crippen molar-refractivity contribution in [3.63, 3.8) is 0 Å². The van der Waals surface area contributed by atoms with Crippen LogP contribution in [0.2, 0.25) is 0 Å². The maximum absolute atomic E-state index is 12.1. The van der Waals surface area contributed by atoms with E-state index in [0.29, 0.717) is 12.1 Å². The first-order chi connectivity index (χ1) is 9.24. The monoisotopic (exact) mass is 271 g/mol. The molecule has 0 radical (unpaired) electrons. The molecular formula is C14H13N3OS. The molecule has 2 aromatic heterocycles. The molecule has 0 fully saturated rings. The summed E-state index contributed by atoms with van der Waals surface area (Å²) in [5, 5.41) is 3.96. The highest BCUT2D eigenvalue weighted by Crippen LogP contribution is 2.15. The van der Waals surface area contributed by atoms with Crippen molar-refractivity contribution < 1.29 is 4.79 Å². The van der Waals surface area contributed by atoms with E-state index in [2.05, 4.69) is 15.3 Å². The lowest BCUT2D eigenvalue weighted by molar-refractivity contribution is 0.0951. The van der Waals surface area contributed by atoms with E-state index in [1.165, 1.54) is 0 Å². The number of fused-ring (bicyclic) bond motifs is 1. The van der Waals surface area contributed by atoms with Gasteiger partial charge < -0.3 is 10.3 Å². The maximum atomic E-state index is 12.1. The van der Waals surface area contributed by atoms with Crippen LogP contribution in [0.4, 0.5) is 0 Å². The van der Waals surface area contributed by atoms with Gasteiger partial charge in [0.25, 0.3) is 5.91 Å². The average Bonchev–Trinajstić information content (AvgIpc) is 3.03. The minimum atomic E-state index is -0.0594. The number of H-pyrrole nitrogens is 1. The fraction of sp³-hybridized carbons (Fsp3) is 0.143. The number of carbonyl (C=O) groups is 1. The predicted octanol–water partition coefficient (Wildman–Crippen LogP) is 2.86. The smallest absolute Gasteiger partial charge is 0.251 e. The molecule has 0 saturated carbocycles. The number of thiazole rings is 1. The molecule has 19 heavy (non-hydrogen) atoms. The van der Waals surface area contributed by atoms with Gasteiger partial charge in [-0.1, -0.05) is 0 Å². The number of aromatic nitrogens is 2. The third-order valence-corrected chi connectivity index (χ3v) is 4.00. The van der Waals surface area contributed by atoms with Crippen molar-refractivity contribution in [2.75, 3.05) is 0 Å². The van der Waals surface area contributed by atoms with Crippen molar-refractivity contribution in [1.29, 1.82) is 0 Å². The number of aryl methyl sites for hydroxylation is 1. The summed E-state index contributed by atoms with van der Waals surface area (Å²) in [4.78, 5) is 20.4. The van der Waals surface area contributed by atoms with Crippen LogP contribution in [0, 0.1) is 6.92 Å². The number of carbonyl (C=O) groups excluding carboxylic acids is 1. The molecule has 0 atom stereocenters. The van der Waals surface area contributed by atoms with Gasteiger partial charge in [-0.2, -0.15) is 0 Å². The standard InChI is InChI=1S/C14H13N3OS/c1-9-13(19-8-17-9)7-16-14(18)11-2-3-12-10(6-11)4-5-15-12/h2-6,8,15H,7H2,1H3,(H,16,18). The molecule has 96 valence electrons. The van der Waals surface area contributed by atoms with Crippen LogP contribution in [0.25, 0.3) is 10.9 Å². The van der Waals surface area contributed by atoms with Gasteiger partial charge in [0.2, 0.25) is 0 Å². The number of nitrogens with zero attached hydrogens (tertiary/aromatic N) is 1. The highest BCUT2D eigenvalue weighted by atomic mass is 32.1. The molecule has 3 rings (SSSR count). The molecule has 0 saturated heterocycles. The molecule has 0 bridgehead atoms. The molecule has 2 heterocycles. The number of hydrogen-bond acceptors (Lipinski definition) is 3. The van der Waals surface area contributed by atoms with Crippen molar-refractivity contribution in [3.8, 4) is 0 Å². The van der Waals surface area contributed by atoms with Crippen LogP contribution < -0.4 is 5.32 Å². The van der Waals surface area contributed by atoms with Gasteiger partial charge >= 0.3 is 0 Å². The molecular weight excluding hydrogens is 258 g/mol. The SMILES string of the molecule is Cc1ncsc1CNC(=O)c1ccc2[nH]ccc2c1. The zero-order valence-electron chi connectivity index (χ0n) is 10.4. The summed E-state index contributed by atoms with van der Waals surface area (Å²) in [6.45, 7) is 2.48. The van der Waals surface area contributed by atoms with E-state index in [0.717, 1.165) is 21.5 Å². The molecule has 3 aromatic rings. The van der Waals surface area contributed by atoms with Crippen LogP contribution in [0.3, 0.4) is 0 Å². The summed E-state index contributed by atoms with van der Waals surface area (Å²) in [5.41, 5.74) is 4.48. The van der Waals surface area contributed by atoms with Gasteiger partial charge in [-0.25, -0.2) is 4.98 Å². The largest absolute Gasteiger partial charge is 0.361 e. The van der Waals surface area contributed by atoms with Crippen LogP contribution in [0.5, 0.6) is 0 Å². The number of benzene rings is 1. The number of nitrogens with one attached hydrogen (secondary N) is 2. The van der Waals surface area contributed by atoms with Gasteiger partial charge in [0.15, 0.2) is 0 Å². The second kappa shape index (κ2) is 4.85. The summed E-state index contributed by atoms with van der Waals surface area (Å²) in [6, 6.07) is 7.59. The number of aromatic amines is 1. The average molecular weight is 271 g/mol. The first-order valence-corrected chi connectivity index (χ1v) is 6.86. The van der Waals surface area contributed by atoms with Crippen LogP contribution >= 0.6 is 11.3 Å². The highest BCUT2D eigenvalue weighted by molar-refractivity contribution is 7.09. The van der Waals surface area contributed by atoms with E-state index >= 15 is 0 Å². The summed E-state index contributed by atoms with van der Waals surface area (Å²) in [7, 11) is 0. The Morgan fingerprint density at radius 3 is 3.11 bits per heavy atom. The van der Waals surface area contributed by atoms with Gasteiger partial charge in [0.05, 0.1) is 17.7 Å². The molecule has 1 aromatic carbocycles. The molecule has 0 unspecified atom stereocenters. The molecule has 0 aliphatic carbocycles. The molecule has 0 spiro atoms. The van der Waals surface area contributed by atoms with Crippen LogP contribution in [0.15, 0.2) is 36.0 Å². The Morgan fingerprint density at radius 1 is 1.42 bits per heavy atom. The van der Waals surface area contributed by atoms with E-state index < -0.39 is 0 Å². The van der Waals surface area contributed by atoms with E-state index in [1.54, 1.807) is 16.8 Å². The van der Waals surface area contributed by atoms with Crippen molar-refractivity contribution in [2.24, 2.45) is 0 Å². The van der Waals surface area contributed by atoms with Gasteiger partial charge in [0, 0.05) is 27.5 Å². The van der Waals surface area contributed by atoms with E-state index in [4.69, 9.17) is 0 Å². The molecule has 0 aliphatic rings. The zero-order valence-corrected chi connectivity index (χ0v) is 11.3. The van der Waals surface area contributed by atoms with E-state index in [9.17, 15) is 4.79 Å². The first-order valence-electron chi connectivity index (χ1n) is 5.98. The van der Waals surface area contributed by atoms with Crippen molar-refractivity contribution in [1.82, 2.24) is 15.3 Å². The predicted molar refractivity (Wildman–Crippen MR) is 76.3 cm³/mol. The Morgan fingerprint density at radius 2 is 2.32 bits per heavy atom. The Hall–Kier alpha value is -2.14. The Balaban J connectivity index is 1.74. The minimum Gasteiger partial charge on any atom is -0.361 e. The molecule has 5 heteroatoms. The quantitative estimate of drug-likeness (QED) is 0.769. The second-order valence-corrected chi connectivity index (χ2v) is 5.26. The van der Waals surface area contributed by atoms with Crippen molar-refractivity contribution >= 4 is 28.1 Å².